The summed E-state index contributed by atoms with van der Waals surface area (Å²) in [4.78, 5) is 9.50. The van der Waals surface area contributed by atoms with E-state index in [0.717, 1.165) is 15.1 Å². The van der Waals surface area contributed by atoms with Crippen LogP contribution in [0.15, 0.2) is 40.2 Å². The minimum Gasteiger partial charge on any atom is -0.394 e. The first-order chi connectivity index (χ1) is 15.6. The molecule has 1 aromatic carbocycles. The smallest absolute Gasteiger partial charge is 0.147 e. The molecule has 0 bridgehead atoms. The minimum atomic E-state index is -1.06. The monoisotopic (exact) mass is 511 g/mol. The summed E-state index contributed by atoms with van der Waals surface area (Å²) in [5.74, 6) is 0. The Morgan fingerprint density at radius 3 is 2.97 bits per heavy atom. The highest BCUT2D eigenvalue weighted by molar-refractivity contribution is 7.99. The van der Waals surface area contributed by atoms with Crippen molar-refractivity contribution in [1.82, 2.24) is 25.0 Å². The molecule has 5 rings (SSSR count). The first-order valence-electron chi connectivity index (χ1n) is 9.57. The molecule has 32 heavy (non-hydrogen) atoms. The second-order valence-corrected chi connectivity index (χ2v) is 10.4. The molecule has 3 aromatic heterocycles. The summed E-state index contributed by atoms with van der Waals surface area (Å²) in [7, 11) is 1.56. The highest BCUT2D eigenvalue weighted by Crippen LogP contribution is 2.40. The fourth-order valence-electron chi connectivity index (χ4n) is 3.64. The number of halogens is 1. The van der Waals surface area contributed by atoms with E-state index in [1.54, 1.807) is 40.2 Å². The van der Waals surface area contributed by atoms with E-state index in [1.807, 2.05) is 18.2 Å². The van der Waals surface area contributed by atoms with Gasteiger partial charge in [-0.25, -0.2) is 14.6 Å². The Labute approximate surface area is 200 Å². The normalized spacial score (nSPS) is 26.1. The van der Waals surface area contributed by atoms with Crippen LogP contribution in [0.3, 0.4) is 0 Å². The van der Waals surface area contributed by atoms with Crippen LogP contribution in [0.2, 0.25) is 5.15 Å². The van der Waals surface area contributed by atoms with Crippen molar-refractivity contribution in [3.63, 3.8) is 0 Å². The number of hydrogen-bond acceptors (Lipinski definition) is 11. The molecular weight excluding hydrogens is 494 g/mol. The van der Waals surface area contributed by atoms with Crippen molar-refractivity contribution in [2.45, 2.75) is 34.7 Å². The predicted molar refractivity (Wildman–Crippen MR) is 123 cm³/mol. The van der Waals surface area contributed by atoms with Crippen molar-refractivity contribution in [2.24, 2.45) is 0 Å². The Hall–Kier alpha value is -1.64. The Bertz CT molecular complexity index is 1220. The van der Waals surface area contributed by atoms with Crippen molar-refractivity contribution >= 4 is 56.3 Å². The Morgan fingerprint density at radius 1 is 1.34 bits per heavy atom. The summed E-state index contributed by atoms with van der Waals surface area (Å²) in [6, 6.07) is 5.34. The van der Waals surface area contributed by atoms with Gasteiger partial charge >= 0.3 is 0 Å². The topological polar surface area (TPSA) is 115 Å². The molecule has 0 radical (unpaired) electrons. The molecule has 1 fully saturated rings. The van der Waals surface area contributed by atoms with Crippen molar-refractivity contribution < 1.29 is 19.7 Å². The van der Waals surface area contributed by atoms with E-state index in [4.69, 9.17) is 21.1 Å². The summed E-state index contributed by atoms with van der Waals surface area (Å²) < 4.78 is 14.4. The van der Waals surface area contributed by atoms with Crippen LogP contribution in [0.1, 0.15) is 6.04 Å². The maximum absolute atomic E-state index is 11.0. The van der Waals surface area contributed by atoms with Gasteiger partial charge in [-0.3, -0.25) is 0 Å². The number of thioether (sulfide) groups is 1. The molecule has 0 amide bonds. The van der Waals surface area contributed by atoms with Gasteiger partial charge in [0.05, 0.1) is 28.5 Å². The van der Waals surface area contributed by atoms with Gasteiger partial charge in [-0.1, -0.05) is 28.6 Å². The van der Waals surface area contributed by atoms with E-state index in [1.165, 1.54) is 23.1 Å². The molecule has 4 aromatic rings. The third-order valence-electron chi connectivity index (χ3n) is 5.16. The van der Waals surface area contributed by atoms with Gasteiger partial charge in [0, 0.05) is 17.4 Å². The van der Waals surface area contributed by atoms with Gasteiger partial charge in [-0.15, -0.1) is 27.8 Å². The van der Waals surface area contributed by atoms with Crippen LogP contribution in [-0.4, -0.2) is 72.6 Å². The first kappa shape index (κ1) is 22.2. The quantitative estimate of drug-likeness (QED) is 0.403. The first-order valence-corrected chi connectivity index (χ1v) is 12.6. The molecule has 2 N–H and O–H groups in total. The molecule has 1 aliphatic rings. The molecule has 2 unspecified atom stereocenters. The van der Waals surface area contributed by atoms with Crippen LogP contribution < -0.4 is 0 Å². The van der Waals surface area contributed by atoms with Crippen LogP contribution in [0, 0.1) is 0 Å². The van der Waals surface area contributed by atoms with Crippen LogP contribution in [0.4, 0.5) is 0 Å². The molecule has 9 nitrogen and oxygen atoms in total. The van der Waals surface area contributed by atoms with E-state index in [2.05, 4.69) is 20.3 Å². The number of aromatic nitrogens is 5. The number of benzene rings is 1. The Kier molecular flexibility index (Phi) is 6.45. The average Bonchev–Trinajstić information content (AvgIpc) is 3.54. The van der Waals surface area contributed by atoms with Crippen molar-refractivity contribution in [2.75, 3.05) is 13.7 Å². The van der Waals surface area contributed by atoms with Crippen molar-refractivity contribution in [3.05, 3.63) is 40.4 Å². The highest BCUT2D eigenvalue weighted by atomic mass is 35.5. The molecule has 0 saturated carbocycles. The molecule has 168 valence electrons. The lowest BCUT2D eigenvalue weighted by molar-refractivity contribution is -0.186. The number of methoxy groups -OCH3 is 1. The van der Waals surface area contributed by atoms with E-state index in [9.17, 15) is 10.2 Å². The van der Waals surface area contributed by atoms with E-state index in [0.29, 0.717) is 15.9 Å². The van der Waals surface area contributed by atoms with E-state index in [-0.39, 0.29) is 6.61 Å². The molecule has 4 heterocycles. The minimum absolute atomic E-state index is 0.345. The summed E-state index contributed by atoms with van der Waals surface area (Å²) in [5.41, 5.74) is 2.78. The average molecular weight is 512 g/mol. The Balaban J connectivity index is 1.45. The summed E-state index contributed by atoms with van der Waals surface area (Å²) in [6.07, 6.45) is -0.734. The van der Waals surface area contributed by atoms with Gasteiger partial charge in [0.25, 0.3) is 0 Å². The summed E-state index contributed by atoms with van der Waals surface area (Å²) in [5, 5.41) is 31.9. The second-order valence-electron chi connectivity index (χ2n) is 7.07. The lowest BCUT2D eigenvalue weighted by Crippen LogP contribution is -2.55. The second kappa shape index (κ2) is 9.31. The molecule has 1 aliphatic heterocycles. The lowest BCUT2D eigenvalue weighted by Gasteiger charge is -2.43. The standard InChI is InChI=1S/C19H18ClN5O4S3/c1-28-17-15(25-5-11(23-24-25)18-22-14(20)7-30-18)16(27)12(6-26)29-19(17)32-9-2-3-10-13(4-9)31-8-21-10/h2-5,7-8,12,15-17,19,26-27H,6H2,1H3/t12?,15-,16-,17?,19+/m0/s1. The molecule has 0 spiro atoms. The molecule has 5 atom stereocenters. The highest BCUT2D eigenvalue weighted by Gasteiger charge is 2.47. The molecule has 1 saturated heterocycles. The van der Waals surface area contributed by atoms with Gasteiger partial charge in [0.2, 0.25) is 0 Å². The number of ether oxygens (including phenoxy) is 2. The zero-order valence-electron chi connectivity index (χ0n) is 16.6. The fraction of sp³-hybridized carbons (Fsp3) is 0.368. The van der Waals surface area contributed by atoms with E-state index < -0.39 is 29.8 Å². The van der Waals surface area contributed by atoms with Gasteiger partial charge in [-0.2, -0.15) is 0 Å². The number of aliphatic hydroxyl groups is 2. The molecule has 13 heteroatoms. The lowest BCUT2D eigenvalue weighted by atomic mass is 9.97. The van der Waals surface area contributed by atoms with E-state index >= 15 is 0 Å². The number of thiazole rings is 2. The number of aliphatic hydroxyl groups excluding tert-OH is 2. The Morgan fingerprint density at radius 2 is 2.22 bits per heavy atom. The number of hydrogen-bond donors (Lipinski definition) is 2. The third kappa shape index (κ3) is 4.17. The number of fused-ring (bicyclic) bond motifs is 1. The number of rotatable bonds is 6. The predicted octanol–water partition coefficient (Wildman–Crippen LogP) is 3.09. The van der Waals surface area contributed by atoms with Gasteiger partial charge < -0.3 is 19.7 Å². The number of nitrogens with zero attached hydrogens (tertiary/aromatic N) is 5. The molecule has 0 aliphatic carbocycles. The maximum Gasteiger partial charge on any atom is 0.147 e. The fourth-order valence-corrected chi connectivity index (χ4v) is 6.54. The zero-order valence-corrected chi connectivity index (χ0v) is 19.8. The van der Waals surface area contributed by atoms with Crippen LogP contribution in [0.25, 0.3) is 20.9 Å². The van der Waals surface area contributed by atoms with Crippen LogP contribution in [0.5, 0.6) is 0 Å². The summed E-state index contributed by atoms with van der Waals surface area (Å²) in [6.45, 7) is -0.345. The summed E-state index contributed by atoms with van der Waals surface area (Å²) >= 11 is 10.3. The SMILES string of the molecule is COC1[C@@H](Sc2ccc3ncsc3c2)OC(CO)[C@H](O)[C@@H]1n1cc(-c2nc(Cl)cs2)nn1. The van der Waals surface area contributed by atoms with Gasteiger partial charge in [0.15, 0.2) is 0 Å². The van der Waals surface area contributed by atoms with Gasteiger partial charge in [0.1, 0.15) is 45.6 Å². The third-order valence-corrected chi connectivity index (χ3v) is 8.28. The zero-order chi connectivity index (χ0) is 22.2. The van der Waals surface area contributed by atoms with Crippen LogP contribution in [-0.2, 0) is 9.47 Å². The molecular formula is C19H18ClN5O4S3. The van der Waals surface area contributed by atoms with Crippen molar-refractivity contribution in [1.29, 1.82) is 0 Å². The largest absolute Gasteiger partial charge is 0.394 e. The van der Waals surface area contributed by atoms with Crippen molar-refractivity contribution in [3.8, 4) is 10.7 Å². The van der Waals surface area contributed by atoms with Gasteiger partial charge in [-0.05, 0) is 18.2 Å². The van der Waals surface area contributed by atoms with Crippen LogP contribution >= 0.6 is 46.0 Å². The maximum atomic E-state index is 11.0.